The van der Waals surface area contributed by atoms with Crippen LogP contribution in [0.15, 0.2) is 47.4 Å². The van der Waals surface area contributed by atoms with Crippen molar-refractivity contribution < 1.29 is 18.6 Å². The maximum absolute atomic E-state index is 12.1. The Hall–Kier alpha value is -1.73. The lowest BCUT2D eigenvalue weighted by Crippen LogP contribution is -2.18. The molecule has 6 heteroatoms. The van der Waals surface area contributed by atoms with Gasteiger partial charge in [-0.05, 0) is 29.5 Å². The molecular weight excluding hydrogens is 302 g/mol. The Bertz CT molecular complexity index is 742. The zero-order chi connectivity index (χ0) is 16.2. The first-order chi connectivity index (χ1) is 10.5. The van der Waals surface area contributed by atoms with Crippen molar-refractivity contribution in [1.29, 1.82) is 0 Å². The molecule has 0 radical (unpaired) electrons. The Morgan fingerprint density at radius 3 is 2.09 bits per heavy atom. The van der Waals surface area contributed by atoms with Gasteiger partial charge >= 0.3 is 0 Å². The molecule has 22 heavy (non-hydrogen) atoms. The molecule has 0 unspecified atom stereocenters. The van der Waals surface area contributed by atoms with Crippen LogP contribution in [0.3, 0.4) is 0 Å². The van der Waals surface area contributed by atoms with Crippen LogP contribution in [0.5, 0.6) is 0 Å². The van der Waals surface area contributed by atoms with Crippen LogP contribution in [0, 0.1) is 0 Å². The Morgan fingerprint density at radius 2 is 1.55 bits per heavy atom. The summed E-state index contributed by atoms with van der Waals surface area (Å²) >= 11 is 0. The monoisotopic (exact) mass is 321 g/mol. The summed E-state index contributed by atoms with van der Waals surface area (Å²) in [6.07, 6.45) is 0.481. The number of primary sulfonamides is 1. The molecule has 0 spiro atoms. The SMILES string of the molecule is NS(=O)(=O)c1c(-c2ccccc2)ccc(CCO)c1CCO. The molecule has 0 aromatic heterocycles. The van der Waals surface area contributed by atoms with Crippen LogP contribution >= 0.6 is 0 Å². The molecule has 0 heterocycles. The molecule has 2 rings (SSSR count). The van der Waals surface area contributed by atoms with Gasteiger partial charge in [-0.15, -0.1) is 0 Å². The number of nitrogens with two attached hydrogens (primary N) is 1. The van der Waals surface area contributed by atoms with Crippen molar-refractivity contribution in [2.24, 2.45) is 5.14 Å². The maximum Gasteiger partial charge on any atom is 0.238 e. The quantitative estimate of drug-likeness (QED) is 0.741. The van der Waals surface area contributed by atoms with E-state index in [2.05, 4.69) is 0 Å². The predicted octanol–water partition coefficient (Wildman–Crippen LogP) is 1.07. The molecule has 118 valence electrons. The third kappa shape index (κ3) is 3.53. The Morgan fingerprint density at radius 1 is 0.909 bits per heavy atom. The highest BCUT2D eigenvalue weighted by molar-refractivity contribution is 7.89. The van der Waals surface area contributed by atoms with Gasteiger partial charge in [-0.25, -0.2) is 13.6 Å². The van der Waals surface area contributed by atoms with Crippen LogP contribution in [0.1, 0.15) is 11.1 Å². The molecule has 0 saturated heterocycles. The molecule has 0 aliphatic rings. The average molecular weight is 321 g/mol. The molecule has 0 aliphatic carbocycles. The van der Waals surface area contributed by atoms with E-state index in [0.717, 1.165) is 5.56 Å². The fourth-order valence-corrected chi connectivity index (χ4v) is 3.65. The number of benzene rings is 2. The summed E-state index contributed by atoms with van der Waals surface area (Å²) in [7, 11) is -3.97. The fourth-order valence-electron chi connectivity index (χ4n) is 2.58. The van der Waals surface area contributed by atoms with Crippen LogP contribution in [0.2, 0.25) is 0 Å². The highest BCUT2D eigenvalue weighted by Gasteiger charge is 2.22. The molecule has 0 bridgehead atoms. The fraction of sp³-hybridized carbons (Fsp3) is 0.250. The third-order valence-corrected chi connectivity index (χ3v) is 4.51. The van der Waals surface area contributed by atoms with Crippen molar-refractivity contribution in [2.45, 2.75) is 17.7 Å². The van der Waals surface area contributed by atoms with Crippen molar-refractivity contribution in [1.82, 2.24) is 0 Å². The summed E-state index contributed by atoms with van der Waals surface area (Å²) in [6, 6.07) is 12.6. The first-order valence-corrected chi connectivity index (χ1v) is 8.48. The van der Waals surface area contributed by atoms with Gasteiger partial charge in [-0.2, -0.15) is 0 Å². The number of rotatable bonds is 6. The Labute approximate surface area is 130 Å². The van der Waals surface area contributed by atoms with Gasteiger partial charge in [0.15, 0.2) is 0 Å². The van der Waals surface area contributed by atoms with E-state index in [4.69, 9.17) is 10.2 Å². The zero-order valence-electron chi connectivity index (χ0n) is 12.1. The van der Waals surface area contributed by atoms with E-state index in [0.29, 0.717) is 23.1 Å². The van der Waals surface area contributed by atoms with Gasteiger partial charge in [0.05, 0.1) is 4.90 Å². The smallest absolute Gasteiger partial charge is 0.238 e. The molecule has 0 atom stereocenters. The third-order valence-electron chi connectivity index (χ3n) is 3.47. The van der Waals surface area contributed by atoms with E-state index in [1.54, 1.807) is 24.3 Å². The summed E-state index contributed by atoms with van der Waals surface area (Å²) in [5.41, 5.74) is 2.40. The highest BCUT2D eigenvalue weighted by Crippen LogP contribution is 2.32. The minimum absolute atomic E-state index is 0.0266. The van der Waals surface area contributed by atoms with E-state index in [1.165, 1.54) is 0 Å². The first-order valence-electron chi connectivity index (χ1n) is 6.93. The van der Waals surface area contributed by atoms with Gasteiger partial charge in [0.2, 0.25) is 10.0 Å². The average Bonchev–Trinajstić information content (AvgIpc) is 2.49. The van der Waals surface area contributed by atoms with E-state index in [-0.39, 0.29) is 24.5 Å². The van der Waals surface area contributed by atoms with Crippen molar-refractivity contribution in [3.05, 3.63) is 53.6 Å². The molecular formula is C16H19NO4S. The lowest BCUT2D eigenvalue weighted by molar-refractivity contribution is 0.292. The van der Waals surface area contributed by atoms with Crippen molar-refractivity contribution in [2.75, 3.05) is 13.2 Å². The second kappa shape index (κ2) is 7.02. The molecule has 0 fully saturated rings. The van der Waals surface area contributed by atoms with Crippen LogP contribution in [0.25, 0.3) is 11.1 Å². The van der Waals surface area contributed by atoms with E-state index < -0.39 is 10.0 Å². The lowest BCUT2D eigenvalue weighted by Gasteiger charge is -2.17. The first kappa shape index (κ1) is 16.6. The number of sulfonamides is 1. The van der Waals surface area contributed by atoms with Crippen molar-refractivity contribution in [3.63, 3.8) is 0 Å². The largest absolute Gasteiger partial charge is 0.396 e. The Balaban J connectivity index is 2.77. The molecule has 0 aliphatic heterocycles. The molecule has 0 saturated carbocycles. The number of aliphatic hydroxyl groups is 2. The second-order valence-electron chi connectivity index (χ2n) is 4.94. The van der Waals surface area contributed by atoms with E-state index in [1.807, 2.05) is 18.2 Å². The van der Waals surface area contributed by atoms with Gasteiger partial charge in [0, 0.05) is 18.8 Å². The standard InChI is InChI=1S/C16H19NO4S/c17-22(20,21)16-14(12-4-2-1-3-5-12)7-6-13(8-10-18)15(16)9-11-19/h1-7,18-19H,8-11H2,(H2,17,20,21). The minimum atomic E-state index is -3.97. The molecule has 2 aromatic rings. The molecule has 0 amide bonds. The summed E-state index contributed by atoms with van der Waals surface area (Å²) in [6.45, 7) is -0.299. The number of aliphatic hydroxyl groups excluding tert-OH is 2. The minimum Gasteiger partial charge on any atom is -0.396 e. The van der Waals surface area contributed by atoms with Crippen LogP contribution in [-0.4, -0.2) is 31.8 Å². The predicted molar refractivity (Wildman–Crippen MR) is 84.8 cm³/mol. The van der Waals surface area contributed by atoms with Crippen molar-refractivity contribution >= 4 is 10.0 Å². The van der Waals surface area contributed by atoms with Crippen molar-refractivity contribution in [3.8, 4) is 11.1 Å². The molecule has 4 N–H and O–H groups in total. The summed E-state index contributed by atoms with van der Waals surface area (Å²) in [5, 5.41) is 23.8. The summed E-state index contributed by atoms with van der Waals surface area (Å²) in [4.78, 5) is 0.0266. The lowest BCUT2D eigenvalue weighted by atomic mass is 9.96. The Kier molecular flexibility index (Phi) is 5.31. The van der Waals surface area contributed by atoms with Gasteiger partial charge in [0.1, 0.15) is 0 Å². The van der Waals surface area contributed by atoms with Gasteiger partial charge < -0.3 is 10.2 Å². The highest BCUT2D eigenvalue weighted by atomic mass is 32.2. The summed E-state index contributed by atoms with van der Waals surface area (Å²) < 4.78 is 24.2. The number of hydrogen-bond donors (Lipinski definition) is 3. The number of hydrogen-bond acceptors (Lipinski definition) is 4. The van der Waals surface area contributed by atoms with Gasteiger partial charge in [0.25, 0.3) is 0 Å². The van der Waals surface area contributed by atoms with Crippen LogP contribution in [-0.2, 0) is 22.9 Å². The van der Waals surface area contributed by atoms with Gasteiger partial charge in [-0.3, -0.25) is 0 Å². The summed E-state index contributed by atoms with van der Waals surface area (Å²) in [5.74, 6) is 0. The maximum atomic E-state index is 12.1. The topological polar surface area (TPSA) is 101 Å². The second-order valence-corrected chi connectivity index (χ2v) is 6.44. The molecule has 5 nitrogen and oxygen atoms in total. The van der Waals surface area contributed by atoms with Crippen LogP contribution < -0.4 is 5.14 Å². The van der Waals surface area contributed by atoms with E-state index in [9.17, 15) is 13.5 Å². The zero-order valence-corrected chi connectivity index (χ0v) is 12.9. The normalized spacial score (nSPS) is 11.6. The molecule has 2 aromatic carbocycles. The van der Waals surface area contributed by atoms with Crippen LogP contribution in [0.4, 0.5) is 0 Å². The van der Waals surface area contributed by atoms with E-state index >= 15 is 0 Å². The van der Waals surface area contributed by atoms with Gasteiger partial charge in [-0.1, -0.05) is 42.5 Å².